The van der Waals surface area contributed by atoms with Crippen molar-refractivity contribution in [3.05, 3.63) is 94.5 Å². The zero-order valence-corrected chi connectivity index (χ0v) is 18.7. The van der Waals surface area contributed by atoms with Gasteiger partial charge in [-0.1, -0.05) is 42.5 Å². The van der Waals surface area contributed by atoms with Crippen LogP contribution in [0.4, 0.5) is 5.69 Å². The minimum Gasteiger partial charge on any atom is -0.478 e. The summed E-state index contributed by atoms with van der Waals surface area (Å²) >= 11 is 0. The zero-order chi connectivity index (χ0) is 23.5. The lowest BCUT2D eigenvalue weighted by Crippen LogP contribution is -2.28. The molecule has 8 heteroatoms. The molecule has 1 amide bonds. The number of carbonyl (C=O) groups excluding carboxylic acids is 1. The zero-order valence-electron chi connectivity index (χ0n) is 17.9. The molecule has 0 bridgehead atoms. The molecule has 0 aliphatic heterocycles. The van der Waals surface area contributed by atoms with Crippen LogP contribution >= 0.6 is 0 Å². The second-order valence-electron chi connectivity index (χ2n) is 7.48. The minimum atomic E-state index is -4.15. The van der Waals surface area contributed by atoms with E-state index in [1.165, 1.54) is 18.2 Å². The van der Waals surface area contributed by atoms with E-state index < -0.39 is 21.9 Å². The van der Waals surface area contributed by atoms with Gasteiger partial charge in [0, 0.05) is 0 Å². The van der Waals surface area contributed by atoms with Gasteiger partial charge in [-0.3, -0.25) is 9.52 Å². The number of aryl methyl sites for hydroxylation is 1. The van der Waals surface area contributed by atoms with Gasteiger partial charge in [0.15, 0.2) is 0 Å². The summed E-state index contributed by atoms with van der Waals surface area (Å²) in [6, 6.07) is 17.9. The van der Waals surface area contributed by atoms with Gasteiger partial charge in [0.25, 0.3) is 15.9 Å². The van der Waals surface area contributed by atoms with Gasteiger partial charge in [-0.2, -0.15) is 0 Å². The number of hydrogen-bond donors (Lipinski definition) is 3. The molecule has 0 aromatic heterocycles. The summed E-state index contributed by atoms with van der Waals surface area (Å²) in [5.41, 5.74) is 2.01. The Morgan fingerprint density at radius 2 is 1.56 bits per heavy atom. The number of carboxylic acids is 1. The molecular formula is C24H24N2O5S. The second kappa shape index (κ2) is 9.23. The van der Waals surface area contributed by atoms with Gasteiger partial charge < -0.3 is 10.4 Å². The van der Waals surface area contributed by atoms with Crippen LogP contribution in [0.2, 0.25) is 0 Å². The van der Waals surface area contributed by atoms with Crippen molar-refractivity contribution in [2.75, 3.05) is 4.72 Å². The Morgan fingerprint density at radius 1 is 0.938 bits per heavy atom. The summed E-state index contributed by atoms with van der Waals surface area (Å²) in [6.45, 7) is 5.09. The highest BCUT2D eigenvalue weighted by atomic mass is 32.2. The Bertz CT molecular complexity index is 1270. The molecular weight excluding hydrogens is 428 g/mol. The predicted octanol–water partition coefficient (Wildman–Crippen LogP) is 4.29. The Morgan fingerprint density at radius 3 is 2.22 bits per heavy atom. The summed E-state index contributed by atoms with van der Waals surface area (Å²) in [5, 5.41) is 12.2. The van der Waals surface area contributed by atoms with Gasteiger partial charge in [0.1, 0.15) is 0 Å². The molecule has 3 aromatic rings. The third-order valence-electron chi connectivity index (χ3n) is 5.22. The maximum atomic E-state index is 13.1. The Hall–Kier alpha value is -3.65. The van der Waals surface area contributed by atoms with Gasteiger partial charge in [0.2, 0.25) is 0 Å². The highest BCUT2D eigenvalue weighted by Crippen LogP contribution is 2.26. The number of rotatable bonds is 7. The van der Waals surface area contributed by atoms with Crippen LogP contribution in [0.1, 0.15) is 50.4 Å². The van der Waals surface area contributed by atoms with E-state index in [0.29, 0.717) is 11.1 Å². The Labute approximate surface area is 187 Å². The van der Waals surface area contributed by atoms with Crippen LogP contribution in [-0.4, -0.2) is 25.4 Å². The third kappa shape index (κ3) is 4.97. The van der Waals surface area contributed by atoms with E-state index in [0.717, 1.165) is 11.6 Å². The Kier molecular flexibility index (Phi) is 6.64. The molecule has 166 valence electrons. The fourth-order valence-corrected chi connectivity index (χ4v) is 4.72. The van der Waals surface area contributed by atoms with Crippen LogP contribution in [0.5, 0.6) is 0 Å². The van der Waals surface area contributed by atoms with Gasteiger partial charge in [0.05, 0.1) is 27.8 Å². The largest absolute Gasteiger partial charge is 0.478 e. The van der Waals surface area contributed by atoms with Crippen molar-refractivity contribution >= 4 is 27.6 Å². The number of benzene rings is 3. The summed E-state index contributed by atoms with van der Waals surface area (Å²) in [4.78, 5) is 24.2. The lowest BCUT2D eigenvalue weighted by Gasteiger charge is -2.18. The smallest absolute Gasteiger partial charge is 0.335 e. The SMILES string of the molecule is Cc1cc(C(=O)O)cc(S(=O)(=O)Nc2ccccc2C(=O)N[C@@H](C)c2ccccc2)c1C. The van der Waals surface area contributed by atoms with Gasteiger partial charge in [-0.15, -0.1) is 0 Å². The van der Waals surface area contributed by atoms with Crippen molar-refractivity contribution in [2.45, 2.75) is 31.7 Å². The molecule has 32 heavy (non-hydrogen) atoms. The topological polar surface area (TPSA) is 113 Å². The van der Waals surface area contributed by atoms with Crippen LogP contribution in [-0.2, 0) is 10.0 Å². The first-order chi connectivity index (χ1) is 15.1. The van der Waals surface area contributed by atoms with Crippen LogP contribution in [0.3, 0.4) is 0 Å². The molecule has 0 saturated carbocycles. The van der Waals surface area contributed by atoms with E-state index >= 15 is 0 Å². The lowest BCUT2D eigenvalue weighted by molar-refractivity contribution is 0.0696. The second-order valence-corrected chi connectivity index (χ2v) is 9.13. The van der Waals surface area contributed by atoms with E-state index in [-0.39, 0.29) is 27.8 Å². The average Bonchev–Trinajstić information content (AvgIpc) is 2.75. The molecule has 0 radical (unpaired) electrons. The number of para-hydroxylation sites is 1. The maximum Gasteiger partial charge on any atom is 0.335 e. The fourth-order valence-electron chi connectivity index (χ4n) is 3.30. The van der Waals surface area contributed by atoms with Gasteiger partial charge >= 0.3 is 5.97 Å². The molecule has 0 unspecified atom stereocenters. The van der Waals surface area contributed by atoms with Crippen molar-refractivity contribution < 1.29 is 23.1 Å². The molecule has 0 fully saturated rings. The summed E-state index contributed by atoms with van der Waals surface area (Å²) in [5.74, 6) is -1.66. The van der Waals surface area contributed by atoms with Crippen LogP contribution in [0, 0.1) is 13.8 Å². The average molecular weight is 453 g/mol. The number of anilines is 1. The number of hydrogen-bond acceptors (Lipinski definition) is 4. The first-order valence-electron chi connectivity index (χ1n) is 9.92. The molecule has 1 atom stereocenters. The summed E-state index contributed by atoms with van der Waals surface area (Å²) in [6.07, 6.45) is 0. The lowest BCUT2D eigenvalue weighted by atomic mass is 10.1. The van der Waals surface area contributed by atoms with E-state index in [1.807, 2.05) is 37.3 Å². The normalized spacial score (nSPS) is 12.1. The van der Waals surface area contributed by atoms with E-state index in [1.54, 1.807) is 26.0 Å². The number of nitrogens with one attached hydrogen (secondary N) is 2. The number of amides is 1. The van der Waals surface area contributed by atoms with Crippen LogP contribution in [0.15, 0.2) is 71.6 Å². The molecule has 0 spiro atoms. The molecule has 7 nitrogen and oxygen atoms in total. The van der Waals surface area contributed by atoms with Crippen LogP contribution < -0.4 is 10.0 Å². The predicted molar refractivity (Wildman–Crippen MR) is 122 cm³/mol. The van der Waals surface area contributed by atoms with Crippen LogP contribution in [0.25, 0.3) is 0 Å². The van der Waals surface area contributed by atoms with Gasteiger partial charge in [-0.05, 0) is 61.7 Å². The Balaban J connectivity index is 1.92. The fraction of sp³-hybridized carbons (Fsp3) is 0.167. The standard InChI is InChI=1S/C24H24N2O5S/c1-15-13-19(24(28)29)14-22(16(15)2)32(30,31)26-21-12-8-7-11-20(21)23(27)25-17(3)18-9-5-4-6-10-18/h4-14,17,26H,1-3H3,(H,25,27)(H,28,29)/t17-/m0/s1. The molecule has 0 heterocycles. The summed E-state index contributed by atoms with van der Waals surface area (Å²) < 4.78 is 28.7. The molecule has 3 aromatic carbocycles. The summed E-state index contributed by atoms with van der Waals surface area (Å²) in [7, 11) is -4.15. The molecule has 3 rings (SSSR count). The maximum absolute atomic E-state index is 13.1. The number of aromatic carboxylic acids is 1. The van der Waals surface area contributed by atoms with Crippen molar-refractivity contribution in [3.63, 3.8) is 0 Å². The van der Waals surface area contributed by atoms with Crippen molar-refractivity contribution in [1.29, 1.82) is 0 Å². The highest BCUT2D eigenvalue weighted by Gasteiger charge is 2.23. The number of sulfonamides is 1. The number of carbonyl (C=O) groups is 2. The first kappa shape index (κ1) is 23.0. The van der Waals surface area contributed by atoms with E-state index in [4.69, 9.17) is 0 Å². The first-order valence-corrected chi connectivity index (χ1v) is 11.4. The van der Waals surface area contributed by atoms with E-state index in [9.17, 15) is 23.1 Å². The van der Waals surface area contributed by atoms with Crippen molar-refractivity contribution in [3.8, 4) is 0 Å². The minimum absolute atomic E-state index is 0.100. The monoisotopic (exact) mass is 452 g/mol. The van der Waals surface area contributed by atoms with Crippen molar-refractivity contribution in [2.24, 2.45) is 0 Å². The molecule has 0 saturated heterocycles. The van der Waals surface area contributed by atoms with Gasteiger partial charge in [-0.25, -0.2) is 13.2 Å². The highest BCUT2D eigenvalue weighted by molar-refractivity contribution is 7.92. The van der Waals surface area contributed by atoms with E-state index in [2.05, 4.69) is 10.0 Å². The molecule has 0 aliphatic rings. The number of carboxylic acid groups (broad SMARTS) is 1. The third-order valence-corrected chi connectivity index (χ3v) is 6.71. The van der Waals surface area contributed by atoms with Crippen molar-refractivity contribution in [1.82, 2.24) is 5.32 Å². The molecule has 0 aliphatic carbocycles. The quantitative estimate of drug-likeness (QED) is 0.495. The molecule has 3 N–H and O–H groups in total.